The summed E-state index contributed by atoms with van der Waals surface area (Å²) in [5.41, 5.74) is 1.88. The smallest absolute Gasteiger partial charge is 0.269 e. The lowest BCUT2D eigenvalue weighted by Gasteiger charge is -2.49. The maximum absolute atomic E-state index is 13.2. The number of piperazine rings is 1. The van der Waals surface area contributed by atoms with Gasteiger partial charge < -0.3 is 15.1 Å². The van der Waals surface area contributed by atoms with Gasteiger partial charge in [-0.3, -0.25) is 24.6 Å². The van der Waals surface area contributed by atoms with Crippen LogP contribution in [0.2, 0.25) is 0 Å². The summed E-state index contributed by atoms with van der Waals surface area (Å²) in [6.45, 7) is 9.01. The zero-order chi connectivity index (χ0) is 23.5. The van der Waals surface area contributed by atoms with Crippen LogP contribution in [0.4, 0.5) is 11.4 Å². The molecule has 1 N–H and O–H groups in total. The zero-order valence-corrected chi connectivity index (χ0v) is 19.7. The van der Waals surface area contributed by atoms with Gasteiger partial charge in [0, 0.05) is 57.1 Å². The number of non-ortho nitro benzene ring substituents is 1. The van der Waals surface area contributed by atoms with Crippen LogP contribution in [0.15, 0.2) is 18.2 Å². The molecular weight excluding hydrogens is 422 g/mol. The minimum atomic E-state index is -0.383. The van der Waals surface area contributed by atoms with Gasteiger partial charge in [-0.2, -0.15) is 0 Å². The van der Waals surface area contributed by atoms with Gasteiger partial charge in [0.05, 0.1) is 23.4 Å². The lowest BCUT2D eigenvalue weighted by molar-refractivity contribution is -0.384. The third-order valence-electron chi connectivity index (χ3n) is 7.17. The molecule has 3 aliphatic heterocycles. The van der Waals surface area contributed by atoms with Crippen molar-refractivity contribution in [1.82, 2.24) is 15.1 Å². The van der Waals surface area contributed by atoms with Crippen LogP contribution in [0.1, 0.15) is 38.7 Å². The van der Waals surface area contributed by atoms with Gasteiger partial charge in [0.25, 0.3) is 5.69 Å². The number of carbonyl (C=O) groups is 2. The molecule has 0 radical (unpaired) electrons. The normalized spacial score (nSPS) is 22.8. The Hall–Kier alpha value is -2.68. The highest BCUT2D eigenvalue weighted by atomic mass is 16.6. The molecule has 0 saturated carbocycles. The summed E-state index contributed by atoms with van der Waals surface area (Å²) in [4.78, 5) is 43.2. The van der Waals surface area contributed by atoms with Crippen LogP contribution in [0.5, 0.6) is 0 Å². The Balaban J connectivity index is 1.53. The summed E-state index contributed by atoms with van der Waals surface area (Å²) in [5, 5.41) is 14.4. The second kappa shape index (κ2) is 10.1. The fraction of sp³-hybridized carbons (Fsp3) is 0.667. The van der Waals surface area contributed by atoms with E-state index in [1.807, 2.05) is 11.0 Å². The molecule has 0 spiro atoms. The number of amides is 2. The van der Waals surface area contributed by atoms with Gasteiger partial charge in [0.1, 0.15) is 0 Å². The Kier molecular flexibility index (Phi) is 7.17. The number of anilines is 1. The maximum atomic E-state index is 13.2. The molecule has 2 unspecified atom stereocenters. The average molecular weight is 458 g/mol. The fourth-order valence-corrected chi connectivity index (χ4v) is 5.30. The van der Waals surface area contributed by atoms with E-state index in [0.29, 0.717) is 38.5 Å². The summed E-state index contributed by atoms with van der Waals surface area (Å²) >= 11 is 0. The van der Waals surface area contributed by atoms with E-state index in [9.17, 15) is 19.7 Å². The molecule has 2 saturated heterocycles. The van der Waals surface area contributed by atoms with Crippen LogP contribution in [-0.2, 0) is 16.0 Å². The zero-order valence-electron chi connectivity index (χ0n) is 19.7. The third-order valence-corrected chi connectivity index (χ3v) is 7.17. The molecule has 0 aliphatic carbocycles. The molecule has 4 rings (SSSR count). The predicted molar refractivity (Wildman–Crippen MR) is 126 cm³/mol. The van der Waals surface area contributed by atoms with Crippen LogP contribution in [0, 0.1) is 22.0 Å². The summed E-state index contributed by atoms with van der Waals surface area (Å²) in [7, 11) is 0. The molecule has 3 heterocycles. The number of likely N-dealkylation sites (tertiary alicyclic amines) is 1. The molecule has 33 heavy (non-hydrogen) atoms. The lowest BCUT2D eigenvalue weighted by atomic mass is 9.83. The van der Waals surface area contributed by atoms with E-state index in [4.69, 9.17) is 0 Å². The average Bonchev–Trinajstić information content (AvgIpc) is 3.33. The molecule has 1 aromatic rings. The minimum Gasteiger partial charge on any atom is -0.365 e. The number of fused-ring (bicyclic) bond motifs is 3. The van der Waals surface area contributed by atoms with E-state index in [1.165, 1.54) is 0 Å². The molecular formula is C24H35N5O4. The van der Waals surface area contributed by atoms with Crippen LogP contribution >= 0.6 is 0 Å². The largest absolute Gasteiger partial charge is 0.365 e. The van der Waals surface area contributed by atoms with E-state index in [2.05, 4.69) is 29.0 Å². The van der Waals surface area contributed by atoms with Crippen molar-refractivity contribution in [2.75, 3.05) is 50.7 Å². The standard InChI is InChI=1S/C24H35N5O4/c1-17(2)7-8-25-24(31)20-14-18-13-19(29(32)33)5-6-21(18)28-12-11-26(15-22(20)28)16-23(30)27-9-3-4-10-27/h5-6,13,17,20,22H,3-4,7-12,14-16H2,1-2H3,(H,25,31). The molecule has 1 aromatic carbocycles. The van der Waals surface area contributed by atoms with Gasteiger partial charge >= 0.3 is 0 Å². The number of nitro benzene ring substituents is 1. The van der Waals surface area contributed by atoms with Crippen molar-refractivity contribution in [3.8, 4) is 0 Å². The van der Waals surface area contributed by atoms with Crippen LogP contribution in [0.25, 0.3) is 0 Å². The Morgan fingerprint density at radius 1 is 1.18 bits per heavy atom. The highest BCUT2D eigenvalue weighted by Crippen LogP contribution is 2.38. The number of nitrogens with one attached hydrogen (secondary N) is 1. The van der Waals surface area contributed by atoms with Gasteiger partial charge in [0.2, 0.25) is 11.8 Å². The topological polar surface area (TPSA) is 99.0 Å². The maximum Gasteiger partial charge on any atom is 0.269 e. The van der Waals surface area contributed by atoms with E-state index >= 15 is 0 Å². The van der Waals surface area contributed by atoms with Crippen LogP contribution < -0.4 is 10.2 Å². The summed E-state index contributed by atoms with van der Waals surface area (Å²) < 4.78 is 0. The number of hydrogen-bond acceptors (Lipinski definition) is 6. The number of carbonyl (C=O) groups excluding carboxylic acids is 2. The fourth-order valence-electron chi connectivity index (χ4n) is 5.30. The molecule has 3 aliphatic rings. The van der Waals surface area contributed by atoms with E-state index in [1.54, 1.807) is 12.1 Å². The van der Waals surface area contributed by atoms with Crippen molar-refractivity contribution in [2.24, 2.45) is 11.8 Å². The van der Waals surface area contributed by atoms with Gasteiger partial charge in [-0.15, -0.1) is 0 Å². The first-order valence-electron chi connectivity index (χ1n) is 12.1. The second-order valence-electron chi connectivity index (χ2n) is 9.94. The van der Waals surface area contributed by atoms with Crippen molar-refractivity contribution in [1.29, 1.82) is 0 Å². The Bertz CT molecular complexity index is 899. The van der Waals surface area contributed by atoms with Crippen molar-refractivity contribution >= 4 is 23.2 Å². The SMILES string of the molecule is CC(C)CCNC(=O)C1Cc2cc([N+](=O)[O-])ccc2N2CCN(CC(=O)N3CCCC3)CC12. The summed E-state index contributed by atoms with van der Waals surface area (Å²) in [6.07, 6.45) is 3.53. The molecule has 2 fully saturated rings. The minimum absolute atomic E-state index is 0.00414. The van der Waals surface area contributed by atoms with Gasteiger partial charge in [-0.25, -0.2) is 0 Å². The highest BCUT2D eigenvalue weighted by molar-refractivity contribution is 5.82. The van der Waals surface area contributed by atoms with Gasteiger partial charge in [-0.05, 0) is 43.2 Å². The molecule has 180 valence electrons. The van der Waals surface area contributed by atoms with Crippen LogP contribution in [-0.4, -0.2) is 78.4 Å². The lowest BCUT2D eigenvalue weighted by Crippen LogP contribution is -2.62. The first-order valence-corrected chi connectivity index (χ1v) is 12.1. The first kappa shape index (κ1) is 23.5. The molecule has 0 aromatic heterocycles. The van der Waals surface area contributed by atoms with Crippen molar-refractivity contribution < 1.29 is 14.5 Å². The monoisotopic (exact) mass is 457 g/mol. The third kappa shape index (κ3) is 5.29. The molecule has 2 atom stereocenters. The highest BCUT2D eigenvalue weighted by Gasteiger charge is 2.42. The number of nitrogens with zero attached hydrogens (tertiary/aromatic N) is 4. The molecule has 2 amide bonds. The Morgan fingerprint density at radius 3 is 2.64 bits per heavy atom. The summed E-state index contributed by atoms with van der Waals surface area (Å²) in [6, 6.07) is 4.92. The first-order chi connectivity index (χ1) is 15.8. The van der Waals surface area contributed by atoms with Crippen molar-refractivity contribution in [3.63, 3.8) is 0 Å². The number of benzene rings is 1. The van der Waals surface area contributed by atoms with Crippen LogP contribution in [0.3, 0.4) is 0 Å². The number of rotatable bonds is 7. The van der Waals surface area contributed by atoms with E-state index in [-0.39, 0.29) is 34.4 Å². The van der Waals surface area contributed by atoms with Crippen molar-refractivity contribution in [3.05, 3.63) is 33.9 Å². The van der Waals surface area contributed by atoms with Crippen molar-refractivity contribution in [2.45, 2.75) is 45.6 Å². The second-order valence-corrected chi connectivity index (χ2v) is 9.94. The van der Waals surface area contributed by atoms with E-state index < -0.39 is 0 Å². The van der Waals surface area contributed by atoms with Gasteiger partial charge in [0.15, 0.2) is 0 Å². The Morgan fingerprint density at radius 2 is 1.94 bits per heavy atom. The predicted octanol–water partition coefficient (Wildman–Crippen LogP) is 2.04. The number of hydrogen-bond donors (Lipinski definition) is 1. The quantitative estimate of drug-likeness (QED) is 0.497. The van der Waals surface area contributed by atoms with Gasteiger partial charge in [-0.1, -0.05) is 13.8 Å². The summed E-state index contributed by atoms with van der Waals surface area (Å²) in [5.74, 6) is 0.357. The molecule has 9 nitrogen and oxygen atoms in total. The molecule has 9 heteroatoms. The van der Waals surface area contributed by atoms with E-state index in [0.717, 1.165) is 50.1 Å². The number of nitro groups is 1. The Labute approximate surface area is 195 Å². The molecule has 0 bridgehead atoms.